The van der Waals surface area contributed by atoms with Crippen LogP contribution in [0.25, 0.3) is 0 Å². The minimum absolute atomic E-state index is 0.137. The van der Waals surface area contributed by atoms with Crippen LogP contribution in [0, 0.1) is 5.82 Å². The SMILES string of the molecule is CN(Cc1cc(Br)ccc1F)C(C)(C)CCO. The van der Waals surface area contributed by atoms with Crippen LogP contribution in [0.3, 0.4) is 0 Å². The van der Waals surface area contributed by atoms with E-state index in [0.717, 1.165) is 4.47 Å². The third-order valence-corrected chi connectivity index (χ3v) is 3.67. The van der Waals surface area contributed by atoms with Crippen LogP contribution in [0.4, 0.5) is 4.39 Å². The molecule has 0 saturated carbocycles. The fraction of sp³-hybridized carbons (Fsp3) is 0.538. The Morgan fingerprint density at radius 3 is 2.65 bits per heavy atom. The van der Waals surface area contributed by atoms with Crippen molar-refractivity contribution in [3.05, 3.63) is 34.1 Å². The number of halogens is 2. The molecule has 0 spiro atoms. The molecule has 0 aliphatic heterocycles. The molecule has 0 unspecified atom stereocenters. The van der Waals surface area contributed by atoms with Crippen LogP contribution in [-0.4, -0.2) is 29.2 Å². The van der Waals surface area contributed by atoms with Gasteiger partial charge in [0.1, 0.15) is 5.82 Å². The first-order valence-electron chi connectivity index (χ1n) is 5.63. The van der Waals surface area contributed by atoms with Gasteiger partial charge in [-0.3, -0.25) is 4.90 Å². The quantitative estimate of drug-likeness (QED) is 0.903. The Morgan fingerprint density at radius 2 is 2.06 bits per heavy atom. The highest BCUT2D eigenvalue weighted by atomic mass is 79.9. The van der Waals surface area contributed by atoms with Crippen LogP contribution < -0.4 is 0 Å². The highest BCUT2D eigenvalue weighted by molar-refractivity contribution is 9.10. The summed E-state index contributed by atoms with van der Waals surface area (Å²) < 4.78 is 14.5. The first kappa shape index (κ1) is 14.6. The maximum Gasteiger partial charge on any atom is 0.127 e. The predicted octanol–water partition coefficient (Wildman–Crippen LogP) is 3.18. The molecule has 0 radical (unpaired) electrons. The second-order valence-electron chi connectivity index (χ2n) is 4.88. The molecule has 1 rings (SSSR count). The first-order valence-corrected chi connectivity index (χ1v) is 6.42. The summed E-state index contributed by atoms with van der Waals surface area (Å²) in [6, 6.07) is 4.95. The average molecular weight is 304 g/mol. The van der Waals surface area contributed by atoms with Crippen molar-refractivity contribution in [2.45, 2.75) is 32.4 Å². The lowest BCUT2D eigenvalue weighted by Crippen LogP contribution is -2.41. The van der Waals surface area contributed by atoms with Gasteiger partial charge in [0, 0.05) is 28.7 Å². The van der Waals surface area contributed by atoms with Gasteiger partial charge >= 0.3 is 0 Å². The lowest BCUT2D eigenvalue weighted by Gasteiger charge is -2.35. The van der Waals surface area contributed by atoms with Gasteiger partial charge in [-0.25, -0.2) is 4.39 Å². The van der Waals surface area contributed by atoms with E-state index in [9.17, 15) is 4.39 Å². The van der Waals surface area contributed by atoms with Crippen molar-refractivity contribution in [2.24, 2.45) is 0 Å². The number of rotatable bonds is 5. The Bertz CT molecular complexity index is 382. The third kappa shape index (κ3) is 4.05. The average Bonchev–Trinajstić information content (AvgIpc) is 2.23. The van der Waals surface area contributed by atoms with Gasteiger partial charge in [-0.2, -0.15) is 0 Å². The summed E-state index contributed by atoms with van der Waals surface area (Å²) >= 11 is 3.34. The van der Waals surface area contributed by atoms with E-state index in [-0.39, 0.29) is 18.0 Å². The van der Waals surface area contributed by atoms with Gasteiger partial charge in [0.25, 0.3) is 0 Å². The molecular formula is C13H19BrFNO. The van der Waals surface area contributed by atoms with Gasteiger partial charge in [-0.15, -0.1) is 0 Å². The summed E-state index contributed by atoms with van der Waals surface area (Å²) in [7, 11) is 1.94. The Labute approximate surface area is 111 Å². The zero-order chi connectivity index (χ0) is 13.1. The summed E-state index contributed by atoms with van der Waals surface area (Å²) in [6.45, 7) is 4.74. The van der Waals surface area contributed by atoms with E-state index in [2.05, 4.69) is 15.9 Å². The van der Waals surface area contributed by atoms with Gasteiger partial charge in [0.15, 0.2) is 0 Å². The van der Waals surface area contributed by atoms with Gasteiger partial charge in [-0.1, -0.05) is 15.9 Å². The zero-order valence-corrected chi connectivity index (χ0v) is 12.1. The minimum Gasteiger partial charge on any atom is -0.396 e. The van der Waals surface area contributed by atoms with E-state index in [1.807, 2.05) is 25.8 Å². The predicted molar refractivity (Wildman–Crippen MR) is 71.3 cm³/mol. The molecule has 0 aromatic heterocycles. The van der Waals surface area contributed by atoms with Crippen LogP contribution in [-0.2, 0) is 6.54 Å². The summed E-state index contributed by atoms with van der Waals surface area (Å²) in [5.41, 5.74) is 0.511. The van der Waals surface area contributed by atoms with E-state index in [1.54, 1.807) is 12.1 Å². The van der Waals surface area contributed by atoms with Crippen LogP contribution in [0.2, 0.25) is 0 Å². The number of hydrogen-bond acceptors (Lipinski definition) is 2. The maximum absolute atomic E-state index is 13.6. The molecule has 0 heterocycles. The summed E-state index contributed by atoms with van der Waals surface area (Å²) in [4.78, 5) is 2.05. The number of nitrogens with zero attached hydrogens (tertiary/aromatic N) is 1. The molecule has 0 saturated heterocycles. The van der Waals surface area contributed by atoms with Crippen molar-refractivity contribution < 1.29 is 9.50 Å². The number of hydrogen-bond donors (Lipinski definition) is 1. The largest absolute Gasteiger partial charge is 0.396 e. The molecule has 0 aliphatic rings. The van der Waals surface area contributed by atoms with Gasteiger partial charge in [-0.05, 0) is 45.5 Å². The topological polar surface area (TPSA) is 23.5 Å². The Balaban J connectivity index is 2.80. The molecule has 0 aliphatic carbocycles. The molecule has 0 atom stereocenters. The Kier molecular flexibility index (Phi) is 5.10. The molecule has 0 bridgehead atoms. The molecule has 2 nitrogen and oxygen atoms in total. The van der Waals surface area contributed by atoms with Crippen LogP contribution in [0.1, 0.15) is 25.8 Å². The fourth-order valence-corrected chi connectivity index (χ4v) is 2.01. The second-order valence-corrected chi connectivity index (χ2v) is 5.79. The van der Waals surface area contributed by atoms with Crippen molar-refractivity contribution in [1.82, 2.24) is 4.90 Å². The number of aliphatic hydroxyl groups excluding tert-OH is 1. The molecule has 1 aromatic carbocycles. The summed E-state index contributed by atoms with van der Waals surface area (Å²) in [5, 5.41) is 9.01. The molecule has 1 N–H and O–H groups in total. The Hall–Kier alpha value is -0.450. The van der Waals surface area contributed by atoms with Crippen molar-refractivity contribution >= 4 is 15.9 Å². The molecule has 96 valence electrons. The van der Waals surface area contributed by atoms with Gasteiger partial charge in [0.05, 0.1) is 0 Å². The molecule has 0 amide bonds. The van der Waals surface area contributed by atoms with Crippen LogP contribution in [0.5, 0.6) is 0 Å². The van der Waals surface area contributed by atoms with Gasteiger partial charge < -0.3 is 5.11 Å². The fourth-order valence-electron chi connectivity index (χ4n) is 1.60. The van der Waals surface area contributed by atoms with E-state index < -0.39 is 0 Å². The minimum atomic E-state index is -0.195. The Morgan fingerprint density at radius 1 is 1.41 bits per heavy atom. The highest BCUT2D eigenvalue weighted by Crippen LogP contribution is 2.22. The number of aliphatic hydroxyl groups is 1. The molecule has 1 aromatic rings. The monoisotopic (exact) mass is 303 g/mol. The van der Waals surface area contributed by atoms with Crippen LogP contribution in [0.15, 0.2) is 22.7 Å². The second kappa shape index (κ2) is 5.94. The maximum atomic E-state index is 13.6. The van der Waals surface area contributed by atoms with Crippen molar-refractivity contribution in [3.8, 4) is 0 Å². The first-order chi connectivity index (χ1) is 7.86. The lowest BCUT2D eigenvalue weighted by atomic mass is 9.98. The summed E-state index contributed by atoms with van der Waals surface area (Å²) in [5.74, 6) is -0.195. The van der Waals surface area contributed by atoms with E-state index in [4.69, 9.17) is 5.11 Å². The zero-order valence-electron chi connectivity index (χ0n) is 10.5. The molecule has 17 heavy (non-hydrogen) atoms. The van der Waals surface area contributed by atoms with Crippen LogP contribution >= 0.6 is 15.9 Å². The van der Waals surface area contributed by atoms with E-state index in [1.165, 1.54) is 6.07 Å². The summed E-state index contributed by atoms with van der Waals surface area (Å²) in [6.07, 6.45) is 0.666. The van der Waals surface area contributed by atoms with E-state index >= 15 is 0 Å². The third-order valence-electron chi connectivity index (χ3n) is 3.17. The molecule has 0 fully saturated rings. The van der Waals surface area contributed by atoms with Crippen molar-refractivity contribution in [1.29, 1.82) is 0 Å². The standard InChI is InChI=1S/C13H19BrFNO/c1-13(2,6-7-17)16(3)9-10-8-11(14)4-5-12(10)15/h4-5,8,17H,6-7,9H2,1-3H3. The van der Waals surface area contributed by atoms with Gasteiger partial charge in [0.2, 0.25) is 0 Å². The lowest BCUT2D eigenvalue weighted by molar-refractivity contribution is 0.109. The smallest absolute Gasteiger partial charge is 0.127 e. The van der Waals surface area contributed by atoms with Crippen molar-refractivity contribution in [3.63, 3.8) is 0 Å². The highest BCUT2D eigenvalue weighted by Gasteiger charge is 2.23. The number of benzene rings is 1. The van der Waals surface area contributed by atoms with E-state index in [0.29, 0.717) is 18.5 Å². The van der Waals surface area contributed by atoms with Crippen molar-refractivity contribution in [2.75, 3.05) is 13.7 Å². The molecule has 4 heteroatoms. The normalized spacial score (nSPS) is 12.2. The molecular weight excluding hydrogens is 285 g/mol.